The molecule has 4 rings (SSSR count). The van der Waals surface area contributed by atoms with Crippen LogP contribution in [-0.2, 0) is 22.9 Å². The van der Waals surface area contributed by atoms with E-state index in [0.717, 1.165) is 29.3 Å². The lowest BCUT2D eigenvalue weighted by atomic mass is 9.89. The highest BCUT2D eigenvalue weighted by atomic mass is 32.2. The minimum absolute atomic E-state index is 0.332. The number of benzene rings is 2. The van der Waals surface area contributed by atoms with Gasteiger partial charge in [0.2, 0.25) is 0 Å². The summed E-state index contributed by atoms with van der Waals surface area (Å²) in [6.45, 7) is 1.95. The summed E-state index contributed by atoms with van der Waals surface area (Å²) < 4.78 is 27.3. The first-order valence-corrected chi connectivity index (χ1v) is 9.45. The molecule has 1 aliphatic carbocycles. The minimum Gasteiger partial charge on any atom is -0.241 e. The molecule has 0 aliphatic heterocycles. The van der Waals surface area contributed by atoms with Gasteiger partial charge in [0.05, 0.1) is 10.4 Å². The lowest BCUT2D eigenvalue weighted by Crippen LogP contribution is -2.12. The number of hydrogen-bond donors (Lipinski definition) is 0. The Labute approximate surface area is 136 Å². The van der Waals surface area contributed by atoms with Crippen LogP contribution in [0.25, 0.3) is 10.9 Å². The molecule has 1 aliphatic rings. The number of aromatic nitrogens is 1. The van der Waals surface area contributed by atoms with Gasteiger partial charge in [0.1, 0.15) is 0 Å². The molecule has 4 heteroatoms. The summed E-state index contributed by atoms with van der Waals surface area (Å²) >= 11 is 0. The highest BCUT2D eigenvalue weighted by Gasteiger charge is 2.21. The molecule has 0 saturated heterocycles. The molecule has 3 aromatic rings. The van der Waals surface area contributed by atoms with E-state index in [0.29, 0.717) is 4.90 Å². The molecule has 1 heterocycles. The summed E-state index contributed by atoms with van der Waals surface area (Å²) in [4.78, 5) is 0.332. The van der Waals surface area contributed by atoms with Crippen LogP contribution in [-0.4, -0.2) is 12.4 Å². The summed E-state index contributed by atoms with van der Waals surface area (Å²) in [5, 5.41) is 1.08. The molecule has 0 fully saturated rings. The van der Waals surface area contributed by atoms with Gasteiger partial charge in [-0.2, -0.15) is 0 Å². The molecule has 0 spiro atoms. The monoisotopic (exact) mass is 325 g/mol. The van der Waals surface area contributed by atoms with E-state index in [-0.39, 0.29) is 0 Å². The topological polar surface area (TPSA) is 39.1 Å². The van der Waals surface area contributed by atoms with Gasteiger partial charge in [0.25, 0.3) is 10.0 Å². The maximum absolute atomic E-state index is 13.0. The van der Waals surface area contributed by atoms with Crippen LogP contribution in [0.1, 0.15) is 29.5 Å². The first-order chi connectivity index (χ1) is 11.1. The Morgan fingerprint density at radius 1 is 0.913 bits per heavy atom. The van der Waals surface area contributed by atoms with Crippen molar-refractivity contribution in [3.05, 3.63) is 65.4 Å². The SMILES string of the molecule is Cc1ccc(S(=O)(=O)n2ccc3c4c(ccc32)CCCC4)cc1. The minimum atomic E-state index is -3.55. The quantitative estimate of drug-likeness (QED) is 0.712. The van der Waals surface area contributed by atoms with Crippen molar-refractivity contribution in [2.75, 3.05) is 0 Å². The van der Waals surface area contributed by atoms with Crippen LogP contribution in [0.3, 0.4) is 0 Å². The first-order valence-electron chi connectivity index (χ1n) is 8.01. The number of hydrogen-bond acceptors (Lipinski definition) is 2. The van der Waals surface area contributed by atoms with Gasteiger partial charge in [-0.15, -0.1) is 0 Å². The van der Waals surface area contributed by atoms with Gasteiger partial charge in [0, 0.05) is 11.6 Å². The van der Waals surface area contributed by atoms with Crippen LogP contribution in [0.5, 0.6) is 0 Å². The van der Waals surface area contributed by atoms with Crippen molar-refractivity contribution in [2.24, 2.45) is 0 Å². The molecule has 23 heavy (non-hydrogen) atoms. The number of nitrogens with zero attached hydrogens (tertiary/aromatic N) is 1. The lowest BCUT2D eigenvalue weighted by Gasteiger charge is -2.17. The van der Waals surface area contributed by atoms with Crippen LogP contribution in [0.15, 0.2) is 53.6 Å². The third-order valence-corrected chi connectivity index (χ3v) is 6.45. The largest absolute Gasteiger partial charge is 0.268 e. The van der Waals surface area contributed by atoms with E-state index in [1.807, 2.05) is 31.2 Å². The van der Waals surface area contributed by atoms with Crippen molar-refractivity contribution < 1.29 is 8.42 Å². The smallest absolute Gasteiger partial charge is 0.241 e. The second kappa shape index (κ2) is 5.24. The highest BCUT2D eigenvalue weighted by molar-refractivity contribution is 7.90. The van der Waals surface area contributed by atoms with Gasteiger partial charge in [0.15, 0.2) is 0 Å². The lowest BCUT2D eigenvalue weighted by molar-refractivity contribution is 0.589. The third-order valence-electron chi connectivity index (χ3n) is 4.75. The van der Waals surface area contributed by atoms with E-state index in [1.165, 1.54) is 27.9 Å². The number of aryl methyl sites for hydroxylation is 3. The van der Waals surface area contributed by atoms with Crippen molar-refractivity contribution in [3.8, 4) is 0 Å². The average molecular weight is 325 g/mol. The van der Waals surface area contributed by atoms with Crippen molar-refractivity contribution in [1.29, 1.82) is 0 Å². The van der Waals surface area contributed by atoms with E-state index in [9.17, 15) is 8.42 Å². The van der Waals surface area contributed by atoms with Crippen molar-refractivity contribution in [1.82, 2.24) is 3.97 Å². The number of fused-ring (bicyclic) bond motifs is 3. The fourth-order valence-corrected chi connectivity index (χ4v) is 4.82. The Bertz CT molecular complexity index is 982. The summed E-state index contributed by atoms with van der Waals surface area (Å²) in [5.74, 6) is 0. The molecular weight excluding hydrogens is 306 g/mol. The zero-order valence-electron chi connectivity index (χ0n) is 13.1. The standard InChI is InChI=1S/C19H19NO2S/c1-14-6-9-16(10-7-14)23(21,22)20-13-12-18-17-5-3-2-4-15(17)8-11-19(18)20/h6-13H,2-5H2,1H3. The second-order valence-electron chi connectivity index (χ2n) is 6.27. The third kappa shape index (κ3) is 2.29. The van der Waals surface area contributed by atoms with Gasteiger partial charge in [-0.1, -0.05) is 23.8 Å². The van der Waals surface area contributed by atoms with Crippen LogP contribution in [0.4, 0.5) is 0 Å². The summed E-state index contributed by atoms with van der Waals surface area (Å²) in [7, 11) is -3.55. The van der Waals surface area contributed by atoms with Crippen molar-refractivity contribution in [3.63, 3.8) is 0 Å². The molecule has 0 amide bonds. The molecule has 1 aromatic heterocycles. The Balaban J connectivity index is 1.91. The van der Waals surface area contributed by atoms with Crippen LogP contribution in [0.2, 0.25) is 0 Å². The Morgan fingerprint density at radius 3 is 2.43 bits per heavy atom. The molecule has 2 aromatic carbocycles. The van der Waals surface area contributed by atoms with Crippen LogP contribution in [0, 0.1) is 6.92 Å². The predicted octanol–water partition coefficient (Wildman–Crippen LogP) is 4.07. The predicted molar refractivity (Wildman–Crippen MR) is 92.3 cm³/mol. The summed E-state index contributed by atoms with van der Waals surface area (Å²) in [6.07, 6.45) is 6.24. The van der Waals surface area contributed by atoms with Crippen molar-refractivity contribution in [2.45, 2.75) is 37.5 Å². The zero-order chi connectivity index (χ0) is 16.0. The molecule has 0 unspecified atom stereocenters. The first kappa shape index (κ1) is 14.5. The number of rotatable bonds is 2. The Morgan fingerprint density at radius 2 is 1.65 bits per heavy atom. The van der Waals surface area contributed by atoms with Gasteiger partial charge >= 0.3 is 0 Å². The van der Waals surface area contributed by atoms with E-state index in [4.69, 9.17) is 0 Å². The maximum atomic E-state index is 13.0. The molecule has 0 saturated carbocycles. The van der Waals surface area contributed by atoms with Gasteiger partial charge in [-0.3, -0.25) is 0 Å². The van der Waals surface area contributed by atoms with E-state index < -0.39 is 10.0 Å². The van der Waals surface area contributed by atoms with Crippen molar-refractivity contribution >= 4 is 20.9 Å². The molecule has 0 N–H and O–H groups in total. The molecule has 0 atom stereocenters. The second-order valence-corrected chi connectivity index (χ2v) is 8.09. The van der Waals surface area contributed by atoms with E-state index in [1.54, 1.807) is 18.3 Å². The molecule has 3 nitrogen and oxygen atoms in total. The van der Waals surface area contributed by atoms with Gasteiger partial charge in [-0.25, -0.2) is 12.4 Å². The highest BCUT2D eigenvalue weighted by Crippen LogP contribution is 2.31. The summed E-state index contributed by atoms with van der Waals surface area (Å²) in [5.41, 5.74) is 4.53. The van der Waals surface area contributed by atoms with E-state index in [2.05, 4.69) is 6.07 Å². The fraction of sp³-hybridized carbons (Fsp3) is 0.263. The van der Waals surface area contributed by atoms with Gasteiger partial charge < -0.3 is 0 Å². The molecule has 0 bridgehead atoms. The van der Waals surface area contributed by atoms with E-state index >= 15 is 0 Å². The molecule has 118 valence electrons. The fourth-order valence-electron chi connectivity index (χ4n) is 3.48. The molecular formula is C19H19NO2S. The zero-order valence-corrected chi connectivity index (χ0v) is 13.9. The van der Waals surface area contributed by atoms with Crippen LogP contribution < -0.4 is 0 Å². The average Bonchev–Trinajstić information content (AvgIpc) is 3.00. The maximum Gasteiger partial charge on any atom is 0.268 e. The Kier molecular flexibility index (Phi) is 3.31. The Hall–Kier alpha value is -2.07. The molecule has 0 radical (unpaired) electrons. The summed E-state index contributed by atoms with van der Waals surface area (Å²) in [6, 6.07) is 13.0. The van der Waals surface area contributed by atoms with Gasteiger partial charge in [-0.05, 0) is 68.0 Å². The van der Waals surface area contributed by atoms with Crippen LogP contribution >= 0.6 is 0 Å². The normalized spacial score (nSPS) is 14.8.